The minimum atomic E-state index is -0.291. The topological polar surface area (TPSA) is 29.5 Å². The molecule has 96 valence electrons. The van der Waals surface area contributed by atoms with Crippen LogP contribution in [-0.4, -0.2) is 24.0 Å². The summed E-state index contributed by atoms with van der Waals surface area (Å²) >= 11 is 0. The number of benzene rings is 1. The Labute approximate surface area is 106 Å². The minimum absolute atomic E-state index is 0.151. The Morgan fingerprint density at radius 2 is 2.22 bits per heavy atom. The van der Waals surface area contributed by atoms with Crippen molar-refractivity contribution in [2.75, 3.05) is 13.2 Å². The van der Waals surface area contributed by atoms with Crippen LogP contribution in [0, 0.1) is 11.7 Å². The van der Waals surface area contributed by atoms with E-state index in [2.05, 4.69) is 0 Å². The van der Waals surface area contributed by atoms with E-state index >= 15 is 0 Å². The van der Waals surface area contributed by atoms with Crippen molar-refractivity contribution in [3.05, 3.63) is 29.6 Å². The molecule has 1 amide bonds. The molecule has 1 fully saturated rings. The van der Waals surface area contributed by atoms with Crippen molar-refractivity contribution in [1.29, 1.82) is 0 Å². The van der Waals surface area contributed by atoms with Crippen LogP contribution in [0.1, 0.15) is 24.8 Å². The fourth-order valence-corrected chi connectivity index (χ4v) is 2.46. The maximum Gasteiger partial charge on any atom is 0.226 e. The highest BCUT2D eigenvalue weighted by Gasteiger charge is 2.31. The molecule has 1 heterocycles. The first-order valence-corrected chi connectivity index (χ1v) is 6.44. The van der Waals surface area contributed by atoms with Gasteiger partial charge in [-0.2, -0.15) is 0 Å². The lowest BCUT2D eigenvalue weighted by atomic mass is 9.84. The third-order valence-electron chi connectivity index (χ3n) is 3.81. The molecule has 0 unspecified atom stereocenters. The molecule has 1 aliphatic carbocycles. The molecule has 0 saturated heterocycles. The third kappa shape index (κ3) is 1.96. The number of amides is 1. The lowest BCUT2D eigenvalue weighted by molar-refractivity contribution is -0.138. The van der Waals surface area contributed by atoms with Gasteiger partial charge in [-0.3, -0.25) is 4.79 Å². The van der Waals surface area contributed by atoms with Crippen molar-refractivity contribution >= 4 is 5.91 Å². The standard InChI is InChI=1S/C14H16FNO2/c15-12-5-2-6-13-11(12)9-16(7-8-18-13)14(17)10-3-1-4-10/h2,5-6,10H,1,3-4,7-9H2. The first kappa shape index (κ1) is 11.5. The second kappa shape index (κ2) is 4.59. The van der Waals surface area contributed by atoms with E-state index < -0.39 is 0 Å². The summed E-state index contributed by atoms with van der Waals surface area (Å²) < 4.78 is 19.3. The Balaban J connectivity index is 1.83. The number of carbonyl (C=O) groups is 1. The molecule has 0 N–H and O–H groups in total. The van der Waals surface area contributed by atoms with Gasteiger partial charge in [0, 0.05) is 11.5 Å². The smallest absolute Gasteiger partial charge is 0.226 e. The van der Waals surface area contributed by atoms with Crippen molar-refractivity contribution in [1.82, 2.24) is 4.90 Å². The van der Waals surface area contributed by atoms with Gasteiger partial charge >= 0.3 is 0 Å². The lowest BCUT2D eigenvalue weighted by Gasteiger charge is -2.30. The van der Waals surface area contributed by atoms with Crippen LogP contribution in [0.5, 0.6) is 5.75 Å². The molecule has 1 aliphatic heterocycles. The Hall–Kier alpha value is -1.58. The van der Waals surface area contributed by atoms with Gasteiger partial charge in [-0.25, -0.2) is 4.39 Å². The fourth-order valence-electron chi connectivity index (χ4n) is 2.46. The molecule has 0 atom stereocenters. The number of rotatable bonds is 1. The molecule has 2 aliphatic rings. The number of fused-ring (bicyclic) bond motifs is 1. The van der Waals surface area contributed by atoms with Crippen molar-refractivity contribution in [3.8, 4) is 5.75 Å². The molecule has 0 spiro atoms. The molecular weight excluding hydrogens is 233 g/mol. The van der Waals surface area contributed by atoms with Crippen LogP contribution < -0.4 is 4.74 Å². The van der Waals surface area contributed by atoms with Gasteiger partial charge < -0.3 is 9.64 Å². The highest BCUT2D eigenvalue weighted by molar-refractivity contribution is 5.79. The van der Waals surface area contributed by atoms with E-state index in [1.165, 1.54) is 6.07 Å². The van der Waals surface area contributed by atoms with Gasteiger partial charge in [0.1, 0.15) is 18.2 Å². The SMILES string of the molecule is O=C(C1CCC1)N1CCOc2cccc(F)c2C1. The minimum Gasteiger partial charge on any atom is -0.491 e. The Bertz CT molecular complexity index is 471. The molecular formula is C14H16FNO2. The van der Waals surface area contributed by atoms with Crippen LogP contribution in [0.2, 0.25) is 0 Å². The van der Waals surface area contributed by atoms with E-state index in [0.29, 0.717) is 31.0 Å². The largest absolute Gasteiger partial charge is 0.491 e. The number of nitrogens with zero attached hydrogens (tertiary/aromatic N) is 1. The summed E-state index contributed by atoms with van der Waals surface area (Å²) in [5.41, 5.74) is 0.502. The van der Waals surface area contributed by atoms with E-state index in [9.17, 15) is 9.18 Å². The lowest BCUT2D eigenvalue weighted by Crippen LogP contribution is -2.39. The number of hydrogen-bond donors (Lipinski definition) is 0. The Morgan fingerprint density at radius 3 is 2.94 bits per heavy atom. The maximum absolute atomic E-state index is 13.8. The van der Waals surface area contributed by atoms with Gasteiger partial charge in [0.2, 0.25) is 5.91 Å². The first-order valence-electron chi connectivity index (χ1n) is 6.44. The molecule has 3 rings (SSSR count). The Kier molecular flexibility index (Phi) is 2.94. The summed E-state index contributed by atoms with van der Waals surface area (Å²) in [6.45, 7) is 1.32. The molecule has 18 heavy (non-hydrogen) atoms. The average molecular weight is 249 g/mol. The van der Waals surface area contributed by atoms with Gasteiger partial charge in [-0.05, 0) is 25.0 Å². The predicted molar refractivity (Wildman–Crippen MR) is 64.7 cm³/mol. The number of halogens is 1. The van der Waals surface area contributed by atoms with Gasteiger partial charge in [0.05, 0.1) is 13.1 Å². The van der Waals surface area contributed by atoms with Crippen LogP contribution in [0.3, 0.4) is 0 Å². The molecule has 1 aromatic carbocycles. The highest BCUT2D eigenvalue weighted by atomic mass is 19.1. The summed E-state index contributed by atoms with van der Waals surface area (Å²) in [5, 5.41) is 0. The maximum atomic E-state index is 13.8. The first-order chi connectivity index (χ1) is 8.75. The monoisotopic (exact) mass is 249 g/mol. The molecule has 4 heteroatoms. The van der Waals surface area contributed by atoms with Crippen LogP contribution in [0.4, 0.5) is 4.39 Å². The van der Waals surface area contributed by atoms with Gasteiger partial charge in [0.15, 0.2) is 0 Å². The van der Waals surface area contributed by atoms with Crippen molar-refractivity contribution in [2.45, 2.75) is 25.8 Å². The van der Waals surface area contributed by atoms with Gasteiger partial charge in [0.25, 0.3) is 0 Å². The number of hydrogen-bond acceptors (Lipinski definition) is 2. The van der Waals surface area contributed by atoms with Crippen LogP contribution in [0.15, 0.2) is 18.2 Å². The van der Waals surface area contributed by atoms with Gasteiger partial charge in [-0.1, -0.05) is 12.5 Å². The van der Waals surface area contributed by atoms with Crippen molar-refractivity contribution < 1.29 is 13.9 Å². The summed E-state index contributed by atoms with van der Waals surface area (Å²) in [4.78, 5) is 13.9. The molecule has 1 saturated carbocycles. The zero-order valence-corrected chi connectivity index (χ0v) is 10.2. The molecule has 0 aromatic heterocycles. The molecule has 3 nitrogen and oxygen atoms in total. The third-order valence-corrected chi connectivity index (χ3v) is 3.81. The molecule has 1 aromatic rings. The summed E-state index contributed by atoms with van der Waals surface area (Å²) in [6, 6.07) is 4.81. The average Bonchev–Trinajstić information content (AvgIpc) is 2.50. The van der Waals surface area contributed by atoms with Crippen molar-refractivity contribution in [2.24, 2.45) is 5.92 Å². The van der Waals surface area contributed by atoms with Gasteiger partial charge in [-0.15, -0.1) is 0 Å². The van der Waals surface area contributed by atoms with Crippen molar-refractivity contribution in [3.63, 3.8) is 0 Å². The predicted octanol–water partition coefficient (Wildman–Crippen LogP) is 2.35. The summed E-state index contributed by atoms with van der Waals surface area (Å²) in [7, 11) is 0. The van der Waals surface area contributed by atoms with Crippen LogP contribution in [-0.2, 0) is 11.3 Å². The normalized spacial score (nSPS) is 19.5. The Morgan fingerprint density at radius 1 is 1.39 bits per heavy atom. The number of ether oxygens (including phenoxy) is 1. The molecule has 0 bridgehead atoms. The fraction of sp³-hybridized carbons (Fsp3) is 0.500. The van der Waals surface area contributed by atoms with E-state index in [4.69, 9.17) is 4.74 Å². The van der Waals surface area contributed by atoms with E-state index in [-0.39, 0.29) is 17.6 Å². The number of carbonyl (C=O) groups excluding carboxylic acids is 1. The summed E-state index contributed by atoms with van der Waals surface area (Å²) in [6.07, 6.45) is 3.08. The zero-order chi connectivity index (χ0) is 12.5. The van der Waals surface area contributed by atoms with Crippen LogP contribution >= 0.6 is 0 Å². The van der Waals surface area contributed by atoms with E-state index in [1.807, 2.05) is 0 Å². The quantitative estimate of drug-likeness (QED) is 0.764. The van der Waals surface area contributed by atoms with Crippen LogP contribution in [0.25, 0.3) is 0 Å². The second-order valence-corrected chi connectivity index (χ2v) is 4.95. The highest BCUT2D eigenvalue weighted by Crippen LogP contribution is 2.31. The van der Waals surface area contributed by atoms with E-state index in [0.717, 1.165) is 19.3 Å². The van der Waals surface area contributed by atoms with E-state index in [1.54, 1.807) is 17.0 Å². The summed E-state index contributed by atoms with van der Waals surface area (Å²) in [5.74, 6) is 0.582. The molecule has 0 radical (unpaired) electrons. The second-order valence-electron chi connectivity index (χ2n) is 4.95. The zero-order valence-electron chi connectivity index (χ0n) is 10.2.